The van der Waals surface area contributed by atoms with E-state index >= 15 is 0 Å². The number of likely N-dealkylation sites (tertiary alicyclic amines) is 1. The van der Waals surface area contributed by atoms with Gasteiger partial charge in [0.1, 0.15) is 11.6 Å². The number of hydrogen-bond acceptors (Lipinski definition) is 5. The molecule has 8 nitrogen and oxygen atoms in total. The molecule has 2 N–H and O–H groups in total. The quantitative estimate of drug-likeness (QED) is 0.625. The minimum absolute atomic E-state index is 0.208. The molecule has 0 radical (unpaired) electrons. The van der Waals surface area contributed by atoms with E-state index in [4.69, 9.17) is 4.74 Å². The van der Waals surface area contributed by atoms with Crippen molar-refractivity contribution in [3.63, 3.8) is 0 Å². The van der Waals surface area contributed by atoms with Crippen LogP contribution < -0.4 is 10.6 Å². The highest BCUT2D eigenvalue weighted by Gasteiger charge is 2.39. The molecule has 2 saturated heterocycles. The number of ether oxygens (including phenoxy) is 1. The Morgan fingerprint density at radius 1 is 1.12 bits per heavy atom. The molecule has 0 bridgehead atoms. The summed E-state index contributed by atoms with van der Waals surface area (Å²) in [5.74, 6) is 0.725. The smallest absolute Gasteiger partial charge is 0.318 e. The predicted octanol–water partition coefficient (Wildman–Crippen LogP) is 2.50. The highest BCUT2D eigenvalue weighted by Crippen LogP contribution is 2.28. The molecule has 3 fully saturated rings. The Balaban J connectivity index is 1.68. The van der Waals surface area contributed by atoms with Crippen molar-refractivity contribution in [3.05, 3.63) is 0 Å². The summed E-state index contributed by atoms with van der Waals surface area (Å²) >= 11 is 0. The first kappa shape index (κ1) is 24.8. The fourth-order valence-electron chi connectivity index (χ4n) is 5.36. The van der Waals surface area contributed by atoms with Crippen molar-refractivity contribution in [2.24, 2.45) is 11.8 Å². The second-order valence-electron chi connectivity index (χ2n) is 10.3. The van der Waals surface area contributed by atoms with Crippen LogP contribution in [0.2, 0.25) is 0 Å². The van der Waals surface area contributed by atoms with Crippen molar-refractivity contribution in [2.75, 3.05) is 45.9 Å². The van der Waals surface area contributed by atoms with Gasteiger partial charge in [-0.1, -0.05) is 46.0 Å². The van der Waals surface area contributed by atoms with Gasteiger partial charge >= 0.3 is 6.03 Å². The van der Waals surface area contributed by atoms with Gasteiger partial charge in [-0.2, -0.15) is 5.26 Å². The molecule has 0 aromatic rings. The van der Waals surface area contributed by atoms with E-state index in [0.29, 0.717) is 57.5 Å². The molecule has 2 heterocycles. The van der Waals surface area contributed by atoms with E-state index in [1.54, 1.807) is 4.90 Å². The molecule has 1 saturated carbocycles. The lowest BCUT2D eigenvalue weighted by Crippen LogP contribution is -2.62. The second kappa shape index (κ2) is 11.9. The zero-order valence-electron chi connectivity index (χ0n) is 19.9. The molecule has 8 heteroatoms. The maximum absolute atomic E-state index is 13.5. The van der Waals surface area contributed by atoms with Gasteiger partial charge in [0.2, 0.25) is 5.91 Å². The fourth-order valence-corrected chi connectivity index (χ4v) is 5.36. The molecule has 3 rings (SSSR count). The summed E-state index contributed by atoms with van der Waals surface area (Å²) in [7, 11) is 0. The number of carbonyl (C=O) groups excluding carboxylic acids is 2. The number of rotatable bonds is 7. The summed E-state index contributed by atoms with van der Waals surface area (Å²) in [6.45, 7) is 8.87. The van der Waals surface area contributed by atoms with Gasteiger partial charge in [0.05, 0.1) is 19.3 Å². The van der Waals surface area contributed by atoms with Crippen LogP contribution in [0.1, 0.15) is 65.2 Å². The van der Waals surface area contributed by atoms with Gasteiger partial charge in [0.25, 0.3) is 0 Å². The number of piperidine rings is 1. The maximum Gasteiger partial charge on any atom is 0.318 e. The van der Waals surface area contributed by atoms with Crippen LogP contribution in [0.25, 0.3) is 0 Å². The molecular formula is C24H41N5O3. The number of nitrogens with one attached hydrogen (secondary N) is 2. The van der Waals surface area contributed by atoms with E-state index in [9.17, 15) is 14.9 Å². The molecular weight excluding hydrogens is 406 g/mol. The third-order valence-corrected chi connectivity index (χ3v) is 6.98. The Hall–Kier alpha value is -1.85. The molecule has 3 amide bonds. The molecule has 3 aliphatic rings. The number of carbonyl (C=O) groups is 2. The molecule has 0 spiro atoms. The first-order chi connectivity index (χ1) is 15.4. The summed E-state index contributed by atoms with van der Waals surface area (Å²) in [6, 6.07) is 1.59. The molecule has 0 aromatic carbocycles. The normalized spacial score (nSPS) is 26.4. The number of hydrogen-bond donors (Lipinski definition) is 2. The Bertz CT molecular complexity index is 667. The Labute approximate surface area is 193 Å². The molecule has 0 aromatic heterocycles. The van der Waals surface area contributed by atoms with Crippen LogP contribution in [0.3, 0.4) is 0 Å². The highest BCUT2D eigenvalue weighted by atomic mass is 16.5. The third-order valence-electron chi connectivity index (χ3n) is 6.98. The van der Waals surface area contributed by atoms with E-state index in [1.165, 1.54) is 19.3 Å². The van der Waals surface area contributed by atoms with E-state index < -0.39 is 11.6 Å². The largest absolute Gasteiger partial charge is 0.378 e. The number of amides is 3. The standard InChI is InChI=1S/C24H41N5O3/c1-19(2)16-28-10-6-9-24(17-25,18-28)27-22(30)21(15-20-7-4-3-5-8-20)26-23(31)29-11-13-32-14-12-29/h19-21H,3-16,18H2,1-2H3,(H,26,31)(H,27,30). The van der Waals surface area contributed by atoms with Crippen LogP contribution >= 0.6 is 0 Å². The lowest BCUT2D eigenvalue weighted by Gasteiger charge is -2.40. The average Bonchev–Trinajstić information content (AvgIpc) is 2.79. The molecule has 32 heavy (non-hydrogen) atoms. The maximum atomic E-state index is 13.5. The van der Waals surface area contributed by atoms with Gasteiger partial charge in [0, 0.05) is 26.2 Å². The lowest BCUT2D eigenvalue weighted by atomic mass is 9.84. The van der Waals surface area contributed by atoms with Crippen molar-refractivity contribution in [3.8, 4) is 6.07 Å². The van der Waals surface area contributed by atoms with Crippen LogP contribution in [0.4, 0.5) is 4.79 Å². The van der Waals surface area contributed by atoms with Crippen molar-refractivity contribution in [1.82, 2.24) is 20.4 Å². The molecule has 1 aliphatic carbocycles. The summed E-state index contributed by atoms with van der Waals surface area (Å²) in [5.41, 5.74) is -0.890. The number of nitriles is 1. The Morgan fingerprint density at radius 2 is 1.84 bits per heavy atom. The Morgan fingerprint density at radius 3 is 2.50 bits per heavy atom. The van der Waals surface area contributed by atoms with Crippen LogP contribution in [-0.2, 0) is 9.53 Å². The summed E-state index contributed by atoms with van der Waals surface area (Å²) in [4.78, 5) is 30.3. The van der Waals surface area contributed by atoms with Crippen molar-refractivity contribution in [2.45, 2.75) is 76.8 Å². The van der Waals surface area contributed by atoms with E-state index in [-0.39, 0.29) is 11.9 Å². The van der Waals surface area contributed by atoms with Crippen molar-refractivity contribution < 1.29 is 14.3 Å². The molecule has 2 aliphatic heterocycles. The summed E-state index contributed by atoms with van der Waals surface area (Å²) in [5, 5.41) is 16.1. The van der Waals surface area contributed by atoms with E-state index in [1.807, 2.05) is 0 Å². The first-order valence-electron chi connectivity index (χ1n) is 12.5. The summed E-state index contributed by atoms with van der Waals surface area (Å²) in [6.07, 6.45) is 7.98. The average molecular weight is 448 g/mol. The van der Waals surface area contributed by atoms with Crippen molar-refractivity contribution >= 4 is 11.9 Å². The van der Waals surface area contributed by atoms with Gasteiger partial charge in [-0.25, -0.2) is 4.79 Å². The van der Waals surface area contributed by atoms with Crippen LogP contribution in [0.15, 0.2) is 0 Å². The Kier molecular flexibility index (Phi) is 9.18. The number of urea groups is 1. The number of nitrogens with zero attached hydrogens (tertiary/aromatic N) is 3. The topological polar surface area (TPSA) is 97.7 Å². The number of morpholine rings is 1. The minimum Gasteiger partial charge on any atom is -0.378 e. The van der Waals surface area contributed by atoms with E-state index in [2.05, 4.69) is 35.5 Å². The predicted molar refractivity (Wildman–Crippen MR) is 123 cm³/mol. The van der Waals surface area contributed by atoms with Gasteiger partial charge in [-0.3, -0.25) is 9.69 Å². The third kappa shape index (κ3) is 7.08. The van der Waals surface area contributed by atoms with Gasteiger partial charge in [-0.05, 0) is 37.6 Å². The summed E-state index contributed by atoms with van der Waals surface area (Å²) < 4.78 is 5.35. The zero-order chi connectivity index (χ0) is 23.0. The first-order valence-corrected chi connectivity index (χ1v) is 12.5. The van der Waals surface area contributed by atoms with Gasteiger partial charge in [0.15, 0.2) is 0 Å². The minimum atomic E-state index is -0.890. The molecule has 180 valence electrons. The van der Waals surface area contributed by atoms with Crippen molar-refractivity contribution in [1.29, 1.82) is 5.26 Å². The fraction of sp³-hybridized carbons (Fsp3) is 0.875. The lowest BCUT2D eigenvalue weighted by molar-refractivity contribution is -0.125. The van der Waals surface area contributed by atoms with Gasteiger partial charge in [-0.15, -0.1) is 0 Å². The van der Waals surface area contributed by atoms with Crippen LogP contribution in [0.5, 0.6) is 0 Å². The molecule has 2 atom stereocenters. The monoisotopic (exact) mass is 447 g/mol. The van der Waals surface area contributed by atoms with Gasteiger partial charge < -0.3 is 20.3 Å². The highest BCUT2D eigenvalue weighted by molar-refractivity contribution is 5.87. The SMILES string of the molecule is CC(C)CN1CCCC(C#N)(NC(=O)C(CC2CCCCC2)NC(=O)N2CCOCC2)C1. The zero-order valence-corrected chi connectivity index (χ0v) is 19.9. The second-order valence-corrected chi connectivity index (χ2v) is 10.3. The van der Waals surface area contributed by atoms with E-state index in [0.717, 1.165) is 32.4 Å². The molecule has 2 unspecified atom stereocenters. The van der Waals surface area contributed by atoms with Crippen LogP contribution in [0, 0.1) is 23.2 Å². The van der Waals surface area contributed by atoms with Crippen LogP contribution in [-0.4, -0.2) is 79.3 Å².